The van der Waals surface area contributed by atoms with E-state index in [1.54, 1.807) is 0 Å². The van der Waals surface area contributed by atoms with Crippen molar-refractivity contribution in [2.24, 2.45) is 10.7 Å². The van der Waals surface area contributed by atoms with E-state index < -0.39 is 0 Å². The van der Waals surface area contributed by atoms with Gasteiger partial charge < -0.3 is 15.6 Å². The molecule has 0 aromatic heterocycles. The van der Waals surface area contributed by atoms with Gasteiger partial charge in [0.2, 0.25) is 0 Å². The minimum Gasteiger partial charge on any atom is -0.504 e. The summed E-state index contributed by atoms with van der Waals surface area (Å²) >= 11 is 0. The number of methoxy groups -OCH3 is 1. The van der Waals surface area contributed by atoms with Crippen LogP contribution >= 0.6 is 0 Å². The van der Waals surface area contributed by atoms with Gasteiger partial charge in [-0.15, -0.1) is 0 Å². The number of nitriles is 1. The molecule has 0 radical (unpaired) electrons. The molecule has 5 heteroatoms. The molecule has 0 aliphatic carbocycles. The fourth-order valence-electron chi connectivity index (χ4n) is 0.998. The second kappa shape index (κ2) is 4.14. The highest BCUT2D eigenvalue weighted by molar-refractivity contribution is 5.67. The number of rotatable bonds is 2. The van der Waals surface area contributed by atoms with Crippen LogP contribution in [0.5, 0.6) is 11.5 Å². The first kappa shape index (κ1) is 9.86. The maximum absolute atomic E-state index is 9.39. The number of hydrogen-bond donors (Lipinski definition) is 2. The molecule has 0 saturated heterocycles. The van der Waals surface area contributed by atoms with Crippen LogP contribution < -0.4 is 10.5 Å². The molecule has 1 aromatic carbocycles. The van der Waals surface area contributed by atoms with E-state index in [-0.39, 0.29) is 11.5 Å². The first-order valence-electron chi connectivity index (χ1n) is 3.78. The normalized spacial score (nSPS) is 10.0. The third-order valence-electron chi connectivity index (χ3n) is 1.63. The van der Waals surface area contributed by atoms with Crippen LogP contribution in [0, 0.1) is 11.3 Å². The SMILES string of the molecule is COc1cc(C#N)c(N=CN)cc1O. The first-order valence-corrected chi connectivity index (χ1v) is 3.78. The molecule has 0 spiro atoms. The predicted molar refractivity (Wildman–Crippen MR) is 51.7 cm³/mol. The Morgan fingerprint density at radius 2 is 2.36 bits per heavy atom. The second-order valence-corrected chi connectivity index (χ2v) is 2.43. The number of nitrogens with two attached hydrogens (primary N) is 1. The lowest BCUT2D eigenvalue weighted by molar-refractivity contribution is 0.373. The number of aliphatic imine (C=N–C) groups is 1. The van der Waals surface area contributed by atoms with Crippen LogP contribution in [0.15, 0.2) is 17.1 Å². The van der Waals surface area contributed by atoms with E-state index >= 15 is 0 Å². The highest BCUT2D eigenvalue weighted by Gasteiger charge is 2.08. The van der Waals surface area contributed by atoms with Crippen LogP contribution in [0.4, 0.5) is 5.69 Å². The Labute approximate surface area is 81.1 Å². The maximum Gasteiger partial charge on any atom is 0.161 e. The van der Waals surface area contributed by atoms with Gasteiger partial charge in [-0.05, 0) is 0 Å². The molecule has 0 unspecified atom stereocenters. The molecule has 3 N–H and O–H groups in total. The van der Waals surface area contributed by atoms with Crippen molar-refractivity contribution >= 4 is 12.0 Å². The second-order valence-electron chi connectivity index (χ2n) is 2.43. The number of phenols is 1. The molecule has 1 aromatic rings. The van der Waals surface area contributed by atoms with E-state index in [4.69, 9.17) is 15.7 Å². The first-order chi connectivity index (χ1) is 6.72. The van der Waals surface area contributed by atoms with Crippen LogP contribution in [0.3, 0.4) is 0 Å². The molecule has 0 saturated carbocycles. The highest BCUT2D eigenvalue weighted by Crippen LogP contribution is 2.33. The molecule has 1 rings (SSSR count). The average molecular weight is 191 g/mol. The molecule has 14 heavy (non-hydrogen) atoms. The smallest absolute Gasteiger partial charge is 0.161 e. The zero-order valence-electron chi connectivity index (χ0n) is 7.56. The summed E-state index contributed by atoms with van der Waals surface area (Å²) in [6, 6.07) is 4.64. The number of aromatic hydroxyl groups is 1. The largest absolute Gasteiger partial charge is 0.504 e. The van der Waals surface area contributed by atoms with Gasteiger partial charge in [0, 0.05) is 12.1 Å². The van der Waals surface area contributed by atoms with Crippen molar-refractivity contribution in [3.63, 3.8) is 0 Å². The van der Waals surface area contributed by atoms with Gasteiger partial charge in [-0.3, -0.25) is 0 Å². The Hall–Kier alpha value is -2.22. The lowest BCUT2D eigenvalue weighted by atomic mass is 10.2. The van der Waals surface area contributed by atoms with E-state index in [2.05, 4.69) is 4.99 Å². The molecule has 0 atom stereocenters. The zero-order valence-corrected chi connectivity index (χ0v) is 7.56. The van der Waals surface area contributed by atoms with Gasteiger partial charge in [-0.1, -0.05) is 0 Å². The highest BCUT2D eigenvalue weighted by atomic mass is 16.5. The van der Waals surface area contributed by atoms with Gasteiger partial charge in [-0.25, -0.2) is 4.99 Å². The quantitative estimate of drug-likeness (QED) is 0.536. The molecule has 5 nitrogen and oxygen atoms in total. The lowest BCUT2D eigenvalue weighted by Crippen LogP contribution is -1.89. The van der Waals surface area contributed by atoms with E-state index in [0.29, 0.717) is 11.3 Å². The summed E-state index contributed by atoms with van der Waals surface area (Å²) < 4.78 is 4.84. The van der Waals surface area contributed by atoms with Crippen molar-refractivity contribution in [1.29, 1.82) is 5.26 Å². The van der Waals surface area contributed by atoms with Crippen molar-refractivity contribution < 1.29 is 9.84 Å². The number of ether oxygens (including phenoxy) is 1. The Morgan fingerprint density at radius 3 is 2.86 bits per heavy atom. The van der Waals surface area contributed by atoms with Crippen LogP contribution in [-0.4, -0.2) is 18.6 Å². The molecular weight excluding hydrogens is 182 g/mol. The summed E-state index contributed by atoms with van der Waals surface area (Å²) in [5.41, 5.74) is 5.70. The minimum atomic E-state index is -0.0768. The fourth-order valence-corrected chi connectivity index (χ4v) is 0.998. The molecule has 72 valence electrons. The summed E-state index contributed by atoms with van der Waals surface area (Å²) in [5.74, 6) is 0.157. The third kappa shape index (κ3) is 1.75. The molecule has 0 aliphatic heterocycles. The van der Waals surface area contributed by atoms with Gasteiger partial charge in [0.05, 0.1) is 24.7 Å². The third-order valence-corrected chi connectivity index (χ3v) is 1.63. The monoisotopic (exact) mass is 191 g/mol. The summed E-state index contributed by atoms with van der Waals surface area (Å²) in [7, 11) is 1.40. The van der Waals surface area contributed by atoms with E-state index in [0.717, 1.165) is 6.34 Å². The Morgan fingerprint density at radius 1 is 1.64 bits per heavy atom. The average Bonchev–Trinajstić information content (AvgIpc) is 2.19. The Balaban J connectivity index is 3.33. The number of phenolic OH excluding ortho intramolecular Hbond substituents is 1. The van der Waals surface area contributed by atoms with Crippen LogP contribution in [-0.2, 0) is 0 Å². The molecule has 0 fully saturated rings. The van der Waals surface area contributed by atoms with E-state index in [1.165, 1.54) is 19.2 Å². The molecule has 0 heterocycles. The van der Waals surface area contributed by atoms with Crippen LogP contribution in [0.25, 0.3) is 0 Å². The molecule has 0 amide bonds. The van der Waals surface area contributed by atoms with Gasteiger partial charge in [0.15, 0.2) is 11.5 Å². The number of benzene rings is 1. The summed E-state index contributed by atoms with van der Waals surface area (Å²) in [6.07, 6.45) is 1.06. The Kier molecular flexibility index (Phi) is 2.92. The summed E-state index contributed by atoms with van der Waals surface area (Å²) in [5, 5.41) is 18.1. The van der Waals surface area contributed by atoms with Crippen molar-refractivity contribution in [1.82, 2.24) is 0 Å². The molecular formula is C9H9N3O2. The fraction of sp³-hybridized carbons (Fsp3) is 0.111. The molecule has 0 bridgehead atoms. The summed E-state index contributed by atoms with van der Waals surface area (Å²) in [6.45, 7) is 0. The number of nitrogens with zero attached hydrogens (tertiary/aromatic N) is 2. The maximum atomic E-state index is 9.39. The number of hydrogen-bond acceptors (Lipinski definition) is 4. The standard InChI is InChI=1S/C9H9N3O2/c1-14-9-2-6(4-10)7(12-5-11)3-8(9)13/h2-3,5,13H,1H3,(H2,11,12). The van der Waals surface area contributed by atoms with Crippen molar-refractivity contribution in [2.75, 3.05) is 7.11 Å². The van der Waals surface area contributed by atoms with Crippen LogP contribution in [0.1, 0.15) is 5.56 Å². The van der Waals surface area contributed by atoms with E-state index in [1.807, 2.05) is 6.07 Å². The van der Waals surface area contributed by atoms with Gasteiger partial charge in [0.1, 0.15) is 6.07 Å². The van der Waals surface area contributed by atoms with Crippen LogP contribution in [0.2, 0.25) is 0 Å². The lowest BCUT2D eigenvalue weighted by Gasteiger charge is -2.04. The van der Waals surface area contributed by atoms with Gasteiger partial charge in [-0.2, -0.15) is 5.26 Å². The zero-order chi connectivity index (χ0) is 10.6. The van der Waals surface area contributed by atoms with Gasteiger partial charge >= 0.3 is 0 Å². The van der Waals surface area contributed by atoms with Gasteiger partial charge in [0.25, 0.3) is 0 Å². The summed E-state index contributed by atoms with van der Waals surface area (Å²) in [4.78, 5) is 3.73. The topological polar surface area (TPSA) is 91.6 Å². The molecule has 0 aliphatic rings. The Bertz CT molecular complexity index is 407. The van der Waals surface area contributed by atoms with E-state index in [9.17, 15) is 5.11 Å². The van der Waals surface area contributed by atoms with Crippen molar-refractivity contribution in [3.05, 3.63) is 17.7 Å². The van der Waals surface area contributed by atoms with Crippen molar-refractivity contribution in [3.8, 4) is 17.6 Å². The van der Waals surface area contributed by atoms with Crippen molar-refractivity contribution in [2.45, 2.75) is 0 Å². The minimum absolute atomic E-state index is 0.0768. The predicted octanol–water partition coefficient (Wildman–Crippen LogP) is 0.891.